The van der Waals surface area contributed by atoms with E-state index in [2.05, 4.69) is 16.8 Å². The number of methoxy groups -OCH3 is 1. The molecule has 5 heteroatoms. The van der Waals surface area contributed by atoms with Crippen LogP contribution in [0.5, 0.6) is 0 Å². The van der Waals surface area contributed by atoms with Crippen LogP contribution in [0.25, 0.3) is 0 Å². The molecular weight excluding hydrogens is 246 g/mol. The highest BCUT2D eigenvalue weighted by Crippen LogP contribution is 2.26. The lowest BCUT2D eigenvalue weighted by Gasteiger charge is -2.40. The van der Waals surface area contributed by atoms with Gasteiger partial charge in [-0.25, -0.2) is 4.98 Å². The van der Waals surface area contributed by atoms with Crippen LogP contribution in [0.15, 0.2) is 18.2 Å². The first kappa shape index (κ1) is 13.2. The van der Waals surface area contributed by atoms with Crippen molar-refractivity contribution < 1.29 is 4.74 Å². The third-order valence-electron chi connectivity index (χ3n) is 3.46. The number of anilines is 1. The number of nitrogens with zero attached hydrogens (tertiary/aromatic N) is 2. The number of pyridine rings is 1. The fourth-order valence-electron chi connectivity index (χ4n) is 2.30. The summed E-state index contributed by atoms with van der Waals surface area (Å²) in [5.74, 6) is 0.920. The van der Waals surface area contributed by atoms with E-state index < -0.39 is 0 Å². The SMILES string of the molecule is COC1(C)CCCN(c2cccc(C(N)=S)n2)C1. The van der Waals surface area contributed by atoms with Crippen molar-refractivity contribution in [2.24, 2.45) is 5.73 Å². The van der Waals surface area contributed by atoms with Gasteiger partial charge in [0, 0.05) is 20.2 Å². The van der Waals surface area contributed by atoms with Crippen LogP contribution in [-0.4, -0.2) is 35.8 Å². The Labute approximate surface area is 113 Å². The van der Waals surface area contributed by atoms with E-state index in [1.54, 1.807) is 7.11 Å². The van der Waals surface area contributed by atoms with Gasteiger partial charge in [0.15, 0.2) is 0 Å². The van der Waals surface area contributed by atoms with Gasteiger partial charge in [-0.2, -0.15) is 0 Å². The van der Waals surface area contributed by atoms with Crippen LogP contribution in [0.3, 0.4) is 0 Å². The lowest BCUT2D eigenvalue weighted by atomic mass is 9.95. The normalized spacial score (nSPS) is 24.0. The van der Waals surface area contributed by atoms with Gasteiger partial charge in [-0.05, 0) is 31.9 Å². The Morgan fingerprint density at radius 1 is 1.56 bits per heavy atom. The smallest absolute Gasteiger partial charge is 0.129 e. The van der Waals surface area contributed by atoms with E-state index in [1.807, 2.05) is 18.2 Å². The lowest BCUT2D eigenvalue weighted by Crippen LogP contribution is -2.47. The summed E-state index contributed by atoms with van der Waals surface area (Å²) in [4.78, 5) is 7.07. The van der Waals surface area contributed by atoms with Gasteiger partial charge in [0.2, 0.25) is 0 Å². The first-order chi connectivity index (χ1) is 8.54. The molecule has 1 aliphatic rings. The fourth-order valence-corrected chi connectivity index (χ4v) is 2.42. The molecule has 1 aromatic heterocycles. The molecule has 1 fully saturated rings. The van der Waals surface area contributed by atoms with Crippen LogP contribution in [-0.2, 0) is 4.74 Å². The first-order valence-corrected chi connectivity index (χ1v) is 6.52. The molecule has 0 bridgehead atoms. The summed E-state index contributed by atoms with van der Waals surface area (Å²) >= 11 is 4.96. The molecule has 0 aliphatic carbocycles. The topological polar surface area (TPSA) is 51.4 Å². The number of piperidine rings is 1. The van der Waals surface area contributed by atoms with Gasteiger partial charge in [-0.1, -0.05) is 18.3 Å². The summed E-state index contributed by atoms with van der Waals surface area (Å²) in [5.41, 5.74) is 6.19. The predicted molar refractivity (Wildman–Crippen MR) is 77.0 cm³/mol. The summed E-state index contributed by atoms with van der Waals surface area (Å²) in [6.45, 7) is 3.97. The highest BCUT2D eigenvalue weighted by molar-refractivity contribution is 7.80. The third kappa shape index (κ3) is 2.79. The quantitative estimate of drug-likeness (QED) is 0.843. The van der Waals surface area contributed by atoms with E-state index in [-0.39, 0.29) is 5.60 Å². The van der Waals surface area contributed by atoms with Crippen molar-refractivity contribution in [1.82, 2.24) is 4.98 Å². The summed E-state index contributed by atoms with van der Waals surface area (Å²) in [6, 6.07) is 5.77. The Hall–Kier alpha value is -1.20. The molecule has 1 aliphatic heterocycles. The van der Waals surface area contributed by atoms with Crippen LogP contribution >= 0.6 is 12.2 Å². The van der Waals surface area contributed by atoms with Crippen LogP contribution in [0.4, 0.5) is 5.82 Å². The van der Waals surface area contributed by atoms with Crippen molar-refractivity contribution in [2.75, 3.05) is 25.1 Å². The van der Waals surface area contributed by atoms with E-state index >= 15 is 0 Å². The Kier molecular flexibility index (Phi) is 3.82. The maximum atomic E-state index is 5.62. The number of hydrogen-bond donors (Lipinski definition) is 1. The monoisotopic (exact) mass is 265 g/mol. The molecular formula is C13H19N3OS. The second-order valence-electron chi connectivity index (χ2n) is 4.92. The third-order valence-corrected chi connectivity index (χ3v) is 3.67. The highest BCUT2D eigenvalue weighted by atomic mass is 32.1. The summed E-state index contributed by atoms with van der Waals surface area (Å²) in [6.07, 6.45) is 2.18. The van der Waals surface area contributed by atoms with Gasteiger partial charge in [0.25, 0.3) is 0 Å². The molecule has 1 saturated heterocycles. The van der Waals surface area contributed by atoms with E-state index in [9.17, 15) is 0 Å². The lowest BCUT2D eigenvalue weighted by molar-refractivity contribution is -0.00481. The van der Waals surface area contributed by atoms with Crippen molar-refractivity contribution in [3.63, 3.8) is 0 Å². The van der Waals surface area contributed by atoms with Gasteiger partial charge in [0.05, 0.1) is 11.3 Å². The van der Waals surface area contributed by atoms with E-state index in [4.69, 9.17) is 22.7 Å². The van der Waals surface area contributed by atoms with Crippen LogP contribution in [0.2, 0.25) is 0 Å². The summed E-state index contributed by atoms with van der Waals surface area (Å²) < 4.78 is 5.59. The Morgan fingerprint density at radius 3 is 3.00 bits per heavy atom. The van der Waals surface area contributed by atoms with Crippen molar-refractivity contribution in [2.45, 2.75) is 25.4 Å². The number of aromatic nitrogens is 1. The van der Waals surface area contributed by atoms with Crippen molar-refractivity contribution in [3.05, 3.63) is 23.9 Å². The molecule has 0 aromatic carbocycles. The molecule has 98 valence electrons. The molecule has 0 radical (unpaired) electrons. The van der Waals surface area contributed by atoms with Gasteiger partial charge in [-0.15, -0.1) is 0 Å². The number of thiocarbonyl (C=S) groups is 1. The van der Waals surface area contributed by atoms with Crippen molar-refractivity contribution in [1.29, 1.82) is 0 Å². The Balaban J connectivity index is 2.21. The molecule has 1 atom stereocenters. The van der Waals surface area contributed by atoms with Gasteiger partial charge in [-0.3, -0.25) is 0 Å². The number of hydrogen-bond acceptors (Lipinski definition) is 4. The average molecular weight is 265 g/mol. The molecule has 0 saturated carbocycles. The first-order valence-electron chi connectivity index (χ1n) is 6.11. The molecule has 0 spiro atoms. The maximum absolute atomic E-state index is 5.62. The maximum Gasteiger partial charge on any atom is 0.129 e. The van der Waals surface area contributed by atoms with Gasteiger partial charge in [0.1, 0.15) is 10.8 Å². The second-order valence-corrected chi connectivity index (χ2v) is 5.36. The summed E-state index contributed by atoms with van der Waals surface area (Å²) in [5, 5.41) is 0. The minimum Gasteiger partial charge on any atom is -0.388 e. The zero-order chi connectivity index (χ0) is 13.2. The van der Waals surface area contributed by atoms with Crippen molar-refractivity contribution >= 4 is 23.0 Å². The van der Waals surface area contributed by atoms with Crippen LogP contribution in [0, 0.1) is 0 Å². The van der Waals surface area contributed by atoms with Crippen LogP contribution < -0.4 is 10.6 Å². The highest BCUT2D eigenvalue weighted by Gasteiger charge is 2.31. The van der Waals surface area contributed by atoms with E-state index in [0.717, 1.165) is 31.7 Å². The molecule has 4 nitrogen and oxygen atoms in total. The minimum atomic E-state index is -0.0981. The zero-order valence-corrected chi connectivity index (χ0v) is 11.7. The number of nitrogens with two attached hydrogens (primary N) is 1. The van der Waals surface area contributed by atoms with Gasteiger partial charge < -0.3 is 15.4 Å². The van der Waals surface area contributed by atoms with E-state index in [0.29, 0.717) is 10.7 Å². The molecule has 1 aromatic rings. The van der Waals surface area contributed by atoms with Crippen LogP contribution in [0.1, 0.15) is 25.5 Å². The van der Waals surface area contributed by atoms with E-state index in [1.165, 1.54) is 0 Å². The molecule has 0 amide bonds. The average Bonchev–Trinajstić information content (AvgIpc) is 2.39. The fraction of sp³-hybridized carbons (Fsp3) is 0.538. The predicted octanol–water partition coefficient (Wildman–Crippen LogP) is 1.72. The van der Waals surface area contributed by atoms with Gasteiger partial charge >= 0.3 is 0 Å². The molecule has 18 heavy (non-hydrogen) atoms. The standard InChI is InChI=1S/C13H19N3OS/c1-13(17-2)7-4-8-16(9-13)11-6-3-5-10(15-11)12(14)18/h3,5-6H,4,7-9H2,1-2H3,(H2,14,18). The minimum absolute atomic E-state index is 0.0981. The molecule has 2 heterocycles. The largest absolute Gasteiger partial charge is 0.388 e. The Morgan fingerprint density at radius 2 is 2.33 bits per heavy atom. The zero-order valence-electron chi connectivity index (χ0n) is 10.8. The number of rotatable bonds is 3. The molecule has 2 rings (SSSR count). The second kappa shape index (κ2) is 5.20. The summed E-state index contributed by atoms with van der Waals surface area (Å²) in [7, 11) is 1.77. The number of ether oxygens (including phenoxy) is 1. The Bertz CT molecular complexity index is 452. The molecule has 2 N–H and O–H groups in total. The molecule has 1 unspecified atom stereocenters. The van der Waals surface area contributed by atoms with Crippen molar-refractivity contribution in [3.8, 4) is 0 Å².